The maximum Gasteiger partial charge on any atom is 0.0784 e. The molecule has 1 radical (unpaired) electrons. The van der Waals surface area contributed by atoms with E-state index in [1.807, 2.05) is 37.3 Å². The molecule has 0 aliphatic rings. The van der Waals surface area contributed by atoms with Crippen LogP contribution in [0.5, 0.6) is 0 Å². The number of aryl methyl sites for hydroxylation is 1. The Morgan fingerprint density at radius 1 is 1.36 bits per heavy atom. The lowest BCUT2D eigenvalue weighted by Gasteiger charge is -2.04. The standard InChI is InChI=1S/C12H9ClN/c1-9-5-6-10(13)8-11(9)12-4-2-3-7-14-12/h2-3,5-8H,1H3. The van der Waals surface area contributed by atoms with Gasteiger partial charge >= 0.3 is 0 Å². The second-order valence-corrected chi connectivity index (χ2v) is 3.53. The molecule has 1 aromatic heterocycles. The number of hydrogen-bond donors (Lipinski definition) is 0. The molecule has 0 fully saturated rings. The van der Waals surface area contributed by atoms with Gasteiger partial charge in [0.05, 0.1) is 5.69 Å². The van der Waals surface area contributed by atoms with E-state index in [0.717, 1.165) is 21.8 Å². The first-order chi connectivity index (χ1) is 6.77. The molecule has 0 aliphatic carbocycles. The van der Waals surface area contributed by atoms with Crippen molar-refractivity contribution in [2.45, 2.75) is 6.92 Å². The van der Waals surface area contributed by atoms with Crippen LogP contribution in [0.25, 0.3) is 11.3 Å². The molecule has 0 amide bonds. The first-order valence-electron chi connectivity index (χ1n) is 4.36. The number of nitrogens with zero attached hydrogens (tertiary/aromatic N) is 1. The van der Waals surface area contributed by atoms with Gasteiger partial charge in [-0.1, -0.05) is 23.7 Å². The summed E-state index contributed by atoms with van der Waals surface area (Å²) in [6.07, 6.45) is 1.76. The summed E-state index contributed by atoms with van der Waals surface area (Å²) in [6.45, 7) is 2.04. The quantitative estimate of drug-likeness (QED) is 0.690. The summed E-state index contributed by atoms with van der Waals surface area (Å²) in [6, 6.07) is 12.6. The normalized spacial score (nSPS) is 10.1. The van der Waals surface area contributed by atoms with E-state index < -0.39 is 0 Å². The lowest BCUT2D eigenvalue weighted by atomic mass is 10.1. The van der Waals surface area contributed by atoms with Crippen LogP contribution in [-0.2, 0) is 0 Å². The van der Waals surface area contributed by atoms with Crippen LogP contribution in [0, 0.1) is 13.0 Å². The van der Waals surface area contributed by atoms with Crippen molar-refractivity contribution in [1.29, 1.82) is 0 Å². The van der Waals surface area contributed by atoms with Crippen LogP contribution >= 0.6 is 11.6 Å². The zero-order valence-corrected chi connectivity index (χ0v) is 8.55. The van der Waals surface area contributed by atoms with Gasteiger partial charge in [-0.05, 0) is 30.7 Å². The topological polar surface area (TPSA) is 12.9 Å². The summed E-state index contributed by atoms with van der Waals surface area (Å²) in [7, 11) is 0. The number of benzene rings is 1. The van der Waals surface area contributed by atoms with Gasteiger partial charge in [-0.15, -0.1) is 0 Å². The molecule has 0 N–H and O–H groups in total. The van der Waals surface area contributed by atoms with Crippen LogP contribution in [0.1, 0.15) is 5.56 Å². The van der Waals surface area contributed by atoms with Crippen molar-refractivity contribution >= 4 is 11.6 Å². The molecule has 0 atom stereocenters. The lowest BCUT2D eigenvalue weighted by Crippen LogP contribution is -1.86. The molecule has 0 saturated carbocycles. The van der Waals surface area contributed by atoms with Crippen molar-refractivity contribution in [3.8, 4) is 11.3 Å². The van der Waals surface area contributed by atoms with Gasteiger partial charge in [0.1, 0.15) is 0 Å². The predicted octanol–water partition coefficient (Wildman–Crippen LogP) is 3.51. The van der Waals surface area contributed by atoms with Crippen molar-refractivity contribution in [2.75, 3.05) is 0 Å². The molecule has 14 heavy (non-hydrogen) atoms. The monoisotopic (exact) mass is 202 g/mol. The van der Waals surface area contributed by atoms with E-state index in [2.05, 4.69) is 11.1 Å². The fourth-order valence-corrected chi connectivity index (χ4v) is 1.49. The zero-order valence-electron chi connectivity index (χ0n) is 7.79. The summed E-state index contributed by atoms with van der Waals surface area (Å²) >= 11 is 5.93. The minimum absolute atomic E-state index is 0.727. The number of aromatic nitrogens is 1. The number of rotatable bonds is 1. The van der Waals surface area contributed by atoms with Crippen LogP contribution in [0.2, 0.25) is 5.02 Å². The van der Waals surface area contributed by atoms with Crippen LogP contribution in [0.3, 0.4) is 0 Å². The Bertz CT molecular complexity index is 437. The minimum Gasteiger partial charge on any atom is -0.256 e. The molecule has 2 aromatic rings. The SMILES string of the molecule is Cc1ccc(Cl)cc1-c1[c]cccn1. The van der Waals surface area contributed by atoms with Crippen molar-refractivity contribution in [2.24, 2.45) is 0 Å². The van der Waals surface area contributed by atoms with Crippen molar-refractivity contribution in [3.63, 3.8) is 0 Å². The van der Waals surface area contributed by atoms with Crippen molar-refractivity contribution in [3.05, 3.63) is 53.2 Å². The second-order valence-electron chi connectivity index (χ2n) is 3.09. The summed E-state index contributed by atoms with van der Waals surface area (Å²) in [5.41, 5.74) is 3.04. The molecule has 2 rings (SSSR count). The Hall–Kier alpha value is -1.34. The van der Waals surface area contributed by atoms with Gasteiger partial charge in [0.15, 0.2) is 0 Å². The van der Waals surface area contributed by atoms with Gasteiger partial charge in [-0.2, -0.15) is 0 Å². The third-order valence-electron chi connectivity index (χ3n) is 2.06. The smallest absolute Gasteiger partial charge is 0.0784 e. The third kappa shape index (κ3) is 1.78. The molecule has 0 aliphatic heterocycles. The average Bonchev–Trinajstić information content (AvgIpc) is 2.23. The van der Waals surface area contributed by atoms with Crippen molar-refractivity contribution < 1.29 is 0 Å². The summed E-state index contributed by atoms with van der Waals surface area (Å²) < 4.78 is 0. The molecule has 2 heteroatoms. The van der Waals surface area contributed by atoms with Crippen LogP contribution in [0.15, 0.2) is 36.5 Å². The summed E-state index contributed by atoms with van der Waals surface area (Å²) in [5, 5.41) is 0.727. The van der Waals surface area contributed by atoms with E-state index in [4.69, 9.17) is 11.6 Å². The maximum atomic E-state index is 5.93. The molecular weight excluding hydrogens is 194 g/mol. The van der Waals surface area contributed by atoms with Crippen LogP contribution in [0.4, 0.5) is 0 Å². The Labute approximate surface area is 88.4 Å². The average molecular weight is 203 g/mol. The highest BCUT2D eigenvalue weighted by Crippen LogP contribution is 2.24. The summed E-state index contributed by atoms with van der Waals surface area (Å²) in [4.78, 5) is 4.24. The highest BCUT2D eigenvalue weighted by atomic mass is 35.5. The first kappa shape index (κ1) is 9.22. The second kappa shape index (κ2) is 3.81. The third-order valence-corrected chi connectivity index (χ3v) is 2.30. The van der Waals surface area contributed by atoms with Crippen LogP contribution in [-0.4, -0.2) is 4.98 Å². The van der Waals surface area contributed by atoms with Gasteiger partial charge < -0.3 is 0 Å². The first-order valence-corrected chi connectivity index (χ1v) is 4.74. The van der Waals surface area contributed by atoms with Gasteiger partial charge in [-0.25, -0.2) is 0 Å². The molecule has 1 heterocycles. The van der Waals surface area contributed by atoms with E-state index in [1.165, 1.54) is 0 Å². The van der Waals surface area contributed by atoms with Gasteiger partial charge in [0, 0.05) is 22.8 Å². The molecule has 0 spiro atoms. The highest BCUT2D eigenvalue weighted by molar-refractivity contribution is 6.30. The Morgan fingerprint density at radius 2 is 2.21 bits per heavy atom. The number of pyridine rings is 1. The highest BCUT2D eigenvalue weighted by Gasteiger charge is 2.02. The minimum atomic E-state index is 0.727. The fraction of sp³-hybridized carbons (Fsp3) is 0.0833. The fourth-order valence-electron chi connectivity index (χ4n) is 1.32. The van der Waals surface area contributed by atoms with E-state index in [1.54, 1.807) is 6.20 Å². The maximum absolute atomic E-state index is 5.93. The van der Waals surface area contributed by atoms with Gasteiger partial charge in [0.25, 0.3) is 0 Å². The van der Waals surface area contributed by atoms with E-state index in [-0.39, 0.29) is 0 Å². The van der Waals surface area contributed by atoms with Gasteiger partial charge in [0.2, 0.25) is 0 Å². The molecule has 0 unspecified atom stereocenters. The molecule has 69 valence electrons. The van der Waals surface area contributed by atoms with Gasteiger partial charge in [-0.3, -0.25) is 4.98 Å². The Morgan fingerprint density at radius 3 is 2.93 bits per heavy atom. The molecule has 0 saturated heterocycles. The zero-order chi connectivity index (χ0) is 9.97. The predicted molar refractivity (Wildman–Crippen MR) is 58.3 cm³/mol. The summed E-state index contributed by atoms with van der Waals surface area (Å²) in [5.74, 6) is 0. The Balaban J connectivity index is 2.57. The lowest BCUT2D eigenvalue weighted by molar-refractivity contribution is 1.30. The van der Waals surface area contributed by atoms with E-state index >= 15 is 0 Å². The van der Waals surface area contributed by atoms with Crippen molar-refractivity contribution in [1.82, 2.24) is 4.98 Å². The molecular formula is C12H9ClN. The van der Waals surface area contributed by atoms with E-state index in [0.29, 0.717) is 0 Å². The van der Waals surface area contributed by atoms with Crippen LogP contribution < -0.4 is 0 Å². The molecule has 1 nitrogen and oxygen atoms in total. The molecule has 0 bridgehead atoms. The van der Waals surface area contributed by atoms with E-state index in [9.17, 15) is 0 Å². The number of hydrogen-bond acceptors (Lipinski definition) is 1. The Kier molecular flexibility index (Phi) is 2.51. The number of halogens is 1. The largest absolute Gasteiger partial charge is 0.256 e. The molecule has 1 aromatic carbocycles.